The Labute approximate surface area is 170 Å². The molecule has 2 aromatic carbocycles. The SMILES string of the molecule is COc1ccc(OC)c(S(=O)(=O)N2CCN(Cc3ccc4c(c3)OCO4)CC2)c1. The highest BCUT2D eigenvalue weighted by Gasteiger charge is 2.31. The smallest absolute Gasteiger partial charge is 0.246 e. The van der Waals surface area contributed by atoms with Crippen LogP contribution in [0.15, 0.2) is 41.3 Å². The van der Waals surface area contributed by atoms with Gasteiger partial charge in [-0.3, -0.25) is 4.90 Å². The zero-order valence-electron chi connectivity index (χ0n) is 16.5. The Balaban J connectivity index is 1.44. The Bertz CT molecular complexity index is 986. The van der Waals surface area contributed by atoms with E-state index >= 15 is 0 Å². The molecule has 0 unspecified atom stereocenters. The minimum atomic E-state index is -3.68. The number of fused-ring (bicyclic) bond motifs is 1. The van der Waals surface area contributed by atoms with Crippen molar-refractivity contribution < 1.29 is 27.4 Å². The maximum Gasteiger partial charge on any atom is 0.246 e. The molecular weight excluding hydrogens is 396 g/mol. The molecule has 0 N–H and O–H groups in total. The van der Waals surface area contributed by atoms with Gasteiger partial charge in [-0.05, 0) is 29.8 Å². The fraction of sp³-hybridized carbons (Fsp3) is 0.400. The predicted molar refractivity (Wildman–Crippen MR) is 106 cm³/mol. The number of sulfonamides is 1. The van der Waals surface area contributed by atoms with E-state index in [4.69, 9.17) is 18.9 Å². The molecule has 0 bridgehead atoms. The van der Waals surface area contributed by atoms with Crippen molar-refractivity contribution in [3.63, 3.8) is 0 Å². The topological polar surface area (TPSA) is 77.5 Å². The number of hydrogen-bond acceptors (Lipinski definition) is 7. The minimum absolute atomic E-state index is 0.128. The fourth-order valence-corrected chi connectivity index (χ4v) is 5.14. The maximum absolute atomic E-state index is 13.2. The number of ether oxygens (including phenoxy) is 4. The van der Waals surface area contributed by atoms with Crippen LogP contribution in [0.2, 0.25) is 0 Å². The Morgan fingerprint density at radius 3 is 2.41 bits per heavy atom. The van der Waals surface area contributed by atoms with Crippen molar-refractivity contribution in [2.45, 2.75) is 11.4 Å². The van der Waals surface area contributed by atoms with Crippen LogP contribution in [-0.4, -0.2) is 64.8 Å². The fourth-order valence-electron chi connectivity index (χ4n) is 3.55. The normalized spacial score (nSPS) is 17.3. The van der Waals surface area contributed by atoms with Crippen LogP contribution < -0.4 is 18.9 Å². The molecule has 0 saturated carbocycles. The molecule has 156 valence electrons. The summed E-state index contributed by atoms with van der Waals surface area (Å²) in [6, 6.07) is 10.7. The van der Waals surface area contributed by atoms with Gasteiger partial charge in [0.05, 0.1) is 14.2 Å². The molecule has 1 fully saturated rings. The molecule has 2 aliphatic heterocycles. The average Bonchev–Trinajstić information content (AvgIpc) is 3.21. The van der Waals surface area contributed by atoms with Crippen LogP contribution in [0.5, 0.6) is 23.0 Å². The molecule has 2 aromatic rings. The van der Waals surface area contributed by atoms with E-state index in [-0.39, 0.29) is 11.7 Å². The molecule has 0 aliphatic carbocycles. The van der Waals surface area contributed by atoms with Crippen molar-refractivity contribution in [2.75, 3.05) is 47.2 Å². The summed E-state index contributed by atoms with van der Waals surface area (Å²) in [6.45, 7) is 3.08. The van der Waals surface area contributed by atoms with Gasteiger partial charge in [-0.2, -0.15) is 4.31 Å². The molecule has 0 aromatic heterocycles. The molecule has 9 heteroatoms. The quantitative estimate of drug-likeness (QED) is 0.707. The van der Waals surface area contributed by atoms with E-state index < -0.39 is 10.0 Å². The summed E-state index contributed by atoms with van der Waals surface area (Å²) >= 11 is 0. The zero-order chi connectivity index (χ0) is 20.4. The lowest BCUT2D eigenvalue weighted by Gasteiger charge is -2.34. The summed E-state index contributed by atoms with van der Waals surface area (Å²) in [6.07, 6.45) is 0. The van der Waals surface area contributed by atoms with Gasteiger partial charge in [0.15, 0.2) is 11.5 Å². The Kier molecular flexibility index (Phi) is 5.53. The van der Waals surface area contributed by atoms with Crippen molar-refractivity contribution >= 4 is 10.0 Å². The lowest BCUT2D eigenvalue weighted by Crippen LogP contribution is -2.48. The second-order valence-electron chi connectivity index (χ2n) is 6.88. The maximum atomic E-state index is 13.2. The van der Waals surface area contributed by atoms with Crippen LogP contribution in [0.1, 0.15) is 5.56 Å². The van der Waals surface area contributed by atoms with Crippen LogP contribution in [0.4, 0.5) is 0 Å². The first-order chi connectivity index (χ1) is 14.0. The van der Waals surface area contributed by atoms with E-state index in [1.165, 1.54) is 24.6 Å². The lowest BCUT2D eigenvalue weighted by molar-refractivity contribution is 0.173. The van der Waals surface area contributed by atoms with Crippen molar-refractivity contribution in [2.24, 2.45) is 0 Å². The van der Waals surface area contributed by atoms with Crippen LogP contribution >= 0.6 is 0 Å². The van der Waals surface area contributed by atoms with Crippen molar-refractivity contribution in [3.8, 4) is 23.0 Å². The molecule has 0 radical (unpaired) electrons. The molecule has 29 heavy (non-hydrogen) atoms. The van der Waals surface area contributed by atoms with Gasteiger partial charge in [-0.15, -0.1) is 0 Å². The van der Waals surface area contributed by atoms with Crippen LogP contribution in [0.25, 0.3) is 0 Å². The van der Waals surface area contributed by atoms with Gasteiger partial charge in [0, 0.05) is 38.8 Å². The highest BCUT2D eigenvalue weighted by Crippen LogP contribution is 2.33. The Morgan fingerprint density at radius 1 is 0.931 bits per heavy atom. The highest BCUT2D eigenvalue weighted by molar-refractivity contribution is 7.89. The summed E-state index contributed by atoms with van der Waals surface area (Å²) in [5.74, 6) is 2.31. The van der Waals surface area contributed by atoms with E-state index in [1.807, 2.05) is 18.2 Å². The summed E-state index contributed by atoms with van der Waals surface area (Å²) < 4.78 is 49.1. The summed E-state index contributed by atoms with van der Waals surface area (Å²) in [7, 11) is -0.707. The van der Waals surface area contributed by atoms with Gasteiger partial charge in [0.25, 0.3) is 0 Å². The third-order valence-electron chi connectivity index (χ3n) is 5.16. The van der Waals surface area contributed by atoms with E-state index in [0.717, 1.165) is 23.6 Å². The second-order valence-corrected chi connectivity index (χ2v) is 8.79. The first-order valence-corrected chi connectivity index (χ1v) is 10.8. The summed E-state index contributed by atoms with van der Waals surface area (Å²) in [4.78, 5) is 2.36. The van der Waals surface area contributed by atoms with E-state index in [1.54, 1.807) is 12.1 Å². The number of rotatable bonds is 6. The molecule has 8 nitrogen and oxygen atoms in total. The van der Waals surface area contributed by atoms with Crippen LogP contribution in [-0.2, 0) is 16.6 Å². The molecule has 0 atom stereocenters. The molecule has 2 aliphatic rings. The first-order valence-electron chi connectivity index (χ1n) is 9.34. The monoisotopic (exact) mass is 420 g/mol. The van der Waals surface area contributed by atoms with Gasteiger partial charge < -0.3 is 18.9 Å². The number of methoxy groups -OCH3 is 2. The largest absolute Gasteiger partial charge is 0.497 e. The van der Waals surface area contributed by atoms with Crippen LogP contribution in [0, 0.1) is 0 Å². The van der Waals surface area contributed by atoms with Crippen molar-refractivity contribution in [3.05, 3.63) is 42.0 Å². The third-order valence-corrected chi connectivity index (χ3v) is 7.08. The molecule has 2 heterocycles. The van der Waals surface area contributed by atoms with Gasteiger partial charge >= 0.3 is 0 Å². The van der Waals surface area contributed by atoms with E-state index in [2.05, 4.69) is 4.90 Å². The predicted octanol–water partition coefficient (Wildman–Crippen LogP) is 1.94. The molecule has 0 spiro atoms. The Hall–Kier alpha value is -2.49. The van der Waals surface area contributed by atoms with Gasteiger partial charge in [0.2, 0.25) is 16.8 Å². The number of hydrogen-bond donors (Lipinski definition) is 0. The summed E-state index contributed by atoms with van der Waals surface area (Å²) in [5, 5.41) is 0. The summed E-state index contributed by atoms with van der Waals surface area (Å²) in [5.41, 5.74) is 1.11. The second kappa shape index (κ2) is 8.10. The van der Waals surface area contributed by atoms with E-state index in [0.29, 0.717) is 37.7 Å². The Morgan fingerprint density at radius 2 is 1.69 bits per heavy atom. The number of piperazine rings is 1. The average molecular weight is 420 g/mol. The molecule has 1 saturated heterocycles. The molecule has 0 amide bonds. The third kappa shape index (κ3) is 3.98. The lowest BCUT2D eigenvalue weighted by atomic mass is 10.2. The van der Waals surface area contributed by atoms with Crippen molar-refractivity contribution in [1.29, 1.82) is 0 Å². The number of nitrogens with zero attached hydrogens (tertiary/aromatic N) is 2. The standard InChI is InChI=1S/C20H24N2O6S/c1-25-16-4-6-18(26-2)20(12-16)29(23,24)22-9-7-21(8-10-22)13-15-3-5-17-19(11-15)28-14-27-17/h3-6,11-12H,7-10,13-14H2,1-2H3. The van der Waals surface area contributed by atoms with Crippen molar-refractivity contribution in [1.82, 2.24) is 9.21 Å². The minimum Gasteiger partial charge on any atom is -0.497 e. The van der Waals surface area contributed by atoms with Crippen LogP contribution in [0.3, 0.4) is 0 Å². The van der Waals surface area contributed by atoms with Gasteiger partial charge in [0.1, 0.15) is 16.4 Å². The molecular formula is C20H24N2O6S. The van der Waals surface area contributed by atoms with Gasteiger partial charge in [-0.1, -0.05) is 6.07 Å². The molecule has 4 rings (SSSR count). The van der Waals surface area contributed by atoms with Gasteiger partial charge in [-0.25, -0.2) is 8.42 Å². The highest BCUT2D eigenvalue weighted by atomic mass is 32.2. The number of benzene rings is 2. The van der Waals surface area contributed by atoms with E-state index in [9.17, 15) is 8.42 Å². The first kappa shape index (κ1) is 19.8. The zero-order valence-corrected chi connectivity index (χ0v) is 17.3.